The Kier molecular flexibility index (Phi) is 31.5. The Morgan fingerprint density at radius 2 is 0.395 bits per heavy atom. The van der Waals surface area contributed by atoms with E-state index >= 15 is 0 Å². The van der Waals surface area contributed by atoms with E-state index in [1.807, 2.05) is 0 Å². The van der Waals surface area contributed by atoms with Crippen molar-refractivity contribution in [3.63, 3.8) is 0 Å². The summed E-state index contributed by atoms with van der Waals surface area (Å²) in [6.45, 7) is 30.1. The van der Waals surface area contributed by atoms with Gasteiger partial charge in [0, 0.05) is 0 Å². The fourth-order valence-electron chi connectivity index (χ4n) is 6.02. The second-order valence-electron chi connectivity index (χ2n) is 12.7. The smallest absolute Gasteiger partial charge is 0.0786 e. The van der Waals surface area contributed by atoms with Crippen molar-refractivity contribution >= 4 is 0 Å². The van der Waals surface area contributed by atoms with Gasteiger partial charge in [0.25, 0.3) is 0 Å². The number of hydrogen-bond donors (Lipinski definition) is 0. The molecule has 0 fully saturated rings. The molecule has 0 atom stereocenters. The van der Waals surface area contributed by atoms with Crippen LogP contribution in [0.2, 0.25) is 0 Å². The molecule has 0 aliphatic rings. The number of hydrogen-bond acceptors (Lipinski definition) is 0. The highest BCUT2D eigenvalue weighted by Crippen LogP contribution is 2.18. The maximum Gasteiger partial charge on any atom is 0.0786 e. The summed E-state index contributed by atoms with van der Waals surface area (Å²) in [4.78, 5) is 0. The Bertz CT molecular complexity index is 374. The molecule has 0 saturated carbocycles. The van der Waals surface area contributed by atoms with E-state index < -0.39 is 0 Å². The summed E-state index contributed by atoms with van der Waals surface area (Å²) >= 11 is 0. The molecule has 38 heavy (non-hydrogen) atoms. The van der Waals surface area contributed by atoms with Crippen LogP contribution in [0, 0.1) is 0 Å². The third-order valence-electron chi connectivity index (χ3n) is 8.89. The van der Waals surface area contributed by atoms with Gasteiger partial charge >= 0.3 is 0 Å². The molecule has 0 heterocycles. The van der Waals surface area contributed by atoms with Crippen LogP contribution in [0.25, 0.3) is 0 Å². The van der Waals surface area contributed by atoms with Crippen LogP contribution in [-0.4, -0.2) is 61.3 Å². The number of quaternary nitrogens is 2. The molecule has 2 nitrogen and oxygen atoms in total. The normalized spacial score (nSPS) is 12.0. The summed E-state index contributed by atoms with van der Waals surface area (Å²) in [6, 6.07) is 0. The fraction of sp³-hybridized carbons (Fsp3) is 1.00. The third-order valence-corrected chi connectivity index (χ3v) is 8.89. The van der Waals surface area contributed by atoms with Gasteiger partial charge < -0.3 is 8.97 Å². The third kappa shape index (κ3) is 22.7. The molecule has 0 aliphatic carbocycles. The Balaban J connectivity index is 0. The molecule has 0 aromatic heterocycles. The SMILES string of the molecule is CCCCCCCC[N+](CCCC)(CCCC)CCCC.CCCC[N+](CCCC)(CCCC)CCCC. The highest BCUT2D eigenvalue weighted by Gasteiger charge is 2.25. The van der Waals surface area contributed by atoms with Crippen LogP contribution < -0.4 is 0 Å². The molecular formula is C36H80N2+2. The maximum absolute atomic E-state index is 2.35. The molecule has 232 valence electrons. The summed E-state index contributed by atoms with van der Waals surface area (Å²) in [7, 11) is 0. The zero-order chi connectivity index (χ0) is 28.8. The van der Waals surface area contributed by atoms with Gasteiger partial charge in [-0.3, -0.25) is 0 Å². The maximum atomic E-state index is 2.35. The molecule has 0 spiro atoms. The summed E-state index contributed by atoms with van der Waals surface area (Å²) < 4.78 is 2.85. The van der Waals surface area contributed by atoms with Gasteiger partial charge in [-0.25, -0.2) is 0 Å². The first-order valence-electron chi connectivity index (χ1n) is 18.2. The lowest BCUT2D eigenvalue weighted by atomic mass is 10.1. The lowest BCUT2D eigenvalue weighted by molar-refractivity contribution is -0.929. The second-order valence-corrected chi connectivity index (χ2v) is 12.7. The minimum atomic E-state index is 1.35. The van der Waals surface area contributed by atoms with E-state index in [1.54, 1.807) is 0 Å². The Morgan fingerprint density at radius 3 is 0.632 bits per heavy atom. The topological polar surface area (TPSA) is 0 Å². The van der Waals surface area contributed by atoms with Crippen molar-refractivity contribution in [2.45, 2.75) is 184 Å². The molecule has 0 bridgehead atoms. The average molecular weight is 541 g/mol. The van der Waals surface area contributed by atoms with Crippen molar-refractivity contribution in [1.82, 2.24) is 0 Å². The van der Waals surface area contributed by atoms with Crippen molar-refractivity contribution in [2.75, 3.05) is 52.4 Å². The van der Waals surface area contributed by atoms with Crippen LogP contribution in [0.15, 0.2) is 0 Å². The molecule has 0 aromatic rings. The lowest BCUT2D eigenvalue weighted by Crippen LogP contribution is -2.50. The first kappa shape index (κ1) is 40.1. The Morgan fingerprint density at radius 1 is 0.211 bits per heavy atom. The van der Waals surface area contributed by atoms with Crippen molar-refractivity contribution in [1.29, 1.82) is 0 Å². The first-order valence-corrected chi connectivity index (χ1v) is 18.2. The van der Waals surface area contributed by atoms with Crippen molar-refractivity contribution in [3.05, 3.63) is 0 Å². The molecule has 0 amide bonds. The fourth-order valence-corrected chi connectivity index (χ4v) is 6.02. The molecule has 0 N–H and O–H groups in total. The van der Waals surface area contributed by atoms with Crippen LogP contribution in [0.3, 0.4) is 0 Å². The predicted octanol–water partition coefficient (Wildman–Crippen LogP) is 11.6. The standard InChI is InChI=1S/C20H44N.C16H36N/c1-5-9-13-14-15-16-20-21(17-10-6-2,18-11-7-3)19-12-8-4;1-5-9-13-17(14-10-6-2,15-11-7-3)16-12-8-4/h5-20H2,1-4H3;5-16H2,1-4H3/q2*+1. The van der Waals surface area contributed by atoms with Gasteiger partial charge in [-0.15, -0.1) is 0 Å². The van der Waals surface area contributed by atoms with Gasteiger partial charge in [0.15, 0.2) is 0 Å². The van der Waals surface area contributed by atoms with E-state index in [0.717, 1.165) is 0 Å². The van der Waals surface area contributed by atoms with Crippen molar-refractivity contribution in [3.8, 4) is 0 Å². The average Bonchev–Trinajstić information content (AvgIpc) is 2.95. The highest BCUT2D eigenvalue weighted by atomic mass is 15.4. The Labute approximate surface area is 244 Å². The summed E-state index contributed by atoms with van der Waals surface area (Å²) in [5.41, 5.74) is 0. The van der Waals surface area contributed by atoms with Crippen molar-refractivity contribution < 1.29 is 8.97 Å². The van der Waals surface area contributed by atoms with E-state index in [-0.39, 0.29) is 0 Å². The molecule has 0 rings (SSSR count). The molecular weight excluding hydrogens is 460 g/mol. The first-order chi connectivity index (χ1) is 18.5. The van der Waals surface area contributed by atoms with E-state index in [2.05, 4.69) is 55.4 Å². The summed E-state index contributed by atoms with van der Waals surface area (Å²) in [6.07, 6.45) is 28.0. The largest absolute Gasteiger partial charge is 0.324 e. The van der Waals surface area contributed by atoms with Crippen LogP contribution in [0.1, 0.15) is 184 Å². The molecule has 0 aliphatic heterocycles. The minimum Gasteiger partial charge on any atom is -0.324 e. The summed E-state index contributed by atoms with van der Waals surface area (Å²) in [5, 5.41) is 0. The van der Waals surface area contributed by atoms with Crippen molar-refractivity contribution in [2.24, 2.45) is 0 Å². The van der Waals surface area contributed by atoms with Crippen LogP contribution in [-0.2, 0) is 0 Å². The highest BCUT2D eigenvalue weighted by molar-refractivity contribution is 4.52. The number of rotatable bonds is 28. The predicted molar refractivity (Wildman–Crippen MR) is 177 cm³/mol. The molecule has 0 aromatic carbocycles. The van der Waals surface area contributed by atoms with E-state index in [4.69, 9.17) is 0 Å². The van der Waals surface area contributed by atoms with Gasteiger partial charge in [-0.2, -0.15) is 0 Å². The van der Waals surface area contributed by atoms with Gasteiger partial charge in [0.2, 0.25) is 0 Å². The zero-order valence-electron chi connectivity index (χ0n) is 28.7. The minimum absolute atomic E-state index is 1.35. The van der Waals surface area contributed by atoms with Crippen LogP contribution in [0.4, 0.5) is 0 Å². The zero-order valence-corrected chi connectivity index (χ0v) is 28.7. The van der Waals surface area contributed by atoms with E-state index in [9.17, 15) is 0 Å². The quantitative estimate of drug-likeness (QED) is 0.0683. The van der Waals surface area contributed by atoms with Gasteiger partial charge in [0.1, 0.15) is 0 Å². The summed E-state index contributed by atoms with van der Waals surface area (Å²) in [5.74, 6) is 0. The molecule has 0 saturated heterocycles. The van der Waals surface area contributed by atoms with Gasteiger partial charge in [0.05, 0.1) is 52.4 Å². The second kappa shape index (κ2) is 29.9. The Hall–Kier alpha value is -0.0800. The lowest BCUT2D eigenvalue weighted by Gasteiger charge is -2.39. The molecule has 0 radical (unpaired) electrons. The van der Waals surface area contributed by atoms with E-state index in [0.29, 0.717) is 0 Å². The van der Waals surface area contributed by atoms with E-state index in [1.165, 1.54) is 190 Å². The monoisotopic (exact) mass is 541 g/mol. The van der Waals surface area contributed by atoms with Gasteiger partial charge in [-0.1, -0.05) is 126 Å². The van der Waals surface area contributed by atoms with Crippen LogP contribution >= 0.6 is 0 Å². The molecule has 2 heteroatoms. The molecule has 0 unspecified atom stereocenters. The number of unbranched alkanes of at least 4 members (excludes halogenated alkanes) is 12. The van der Waals surface area contributed by atoms with Gasteiger partial charge in [-0.05, 0) is 57.8 Å². The van der Waals surface area contributed by atoms with Crippen LogP contribution in [0.5, 0.6) is 0 Å². The number of nitrogens with zero attached hydrogens (tertiary/aromatic N) is 2.